The largest absolute Gasteiger partial charge is 0.492 e. The van der Waals surface area contributed by atoms with E-state index < -0.39 is 0 Å². The minimum atomic E-state index is 0.479. The molecule has 0 aliphatic heterocycles. The second-order valence-corrected chi connectivity index (χ2v) is 5.12. The number of hydrogen-bond donors (Lipinski definition) is 1. The van der Waals surface area contributed by atoms with Gasteiger partial charge in [0, 0.05) is 16.6 Å². The summed E-state index contributed by atoms with van der Waals surface area (Å²) < 4.78 is 6.60. The lowest BCUT2D eigenvalue weighted by molar-refractivity contribution is 0.226. The molecule has 4 heteroatoms. The molecule has 84 valence electrons. The van der Waals surface area contributed by atoms with E-state index in [0.29, 0.717) is 18.4 Å². The number of hydrogen-bond acceptors (Lipinski definition) is 3. The van der Waals surface area contributed by atoms with Gasteiger partial charge in [0.1, 0.15) is 5.75 Å². The summed E-state index contributed by atoms with van der Waals surface area (Å²) in [6.07, 6.45) is 3.46. The summed E-state index contributed by atoms with van der Waals surface area (Å²) in [5, 5.41) is 0. The van der Waals surface area contributed by atoms with E-state index in [2.05, 4.69) is 47.4 Å². The normalized spacial score (nSPS) is 12.9. The third-order valence-electron chi connectivity index (χ3n) is 2.32. The second-order valence-electron chi connectivity index (χ2n) is 3.84. The van der Waals surface area contributed by atoms with E-state index in [-0.39, 0.29) is 0 Å². The molecule has 0 saturated heterocycles. The zero-order valence-electron chi connectivity index (χ0n) is 8.98. The van der Waals surface area contributed by atoms with Gasteiger partial charge in [-0.2, -0.15) is 12.6 Å². The van der Waals surface area contributed by atoms with Gasteiger partial charge in [0.2, 0.25) is 0 Å². The quantitative estimate of drug-likeness (QED) is 0.839. The maximum atomic E-state index is 5.66. The van der Waals surface area contributed by atoms with Crippen LogP contribution in [0.5, 0.6) is 5.75 Å². The highest BCUT2D eigenvalue weighted by atomic mass is 79.9. The van der Waals surface area contributed by atoms with Crippen LogP contribution in [0.1, 0.15) is 13.8 Å². The average Bonchev–Trinajstić information content (AvgIpc) is 2.18. The van der Waals surface area contributed by atoms with Crippen LogP contribution in [-0.2, 0) is 0 Å². The Labute approximate surface area is 105 Å². The van der Waals surface area contributed by atoms with Crippen LogP contribution in [0.15, 0.2) is 22.9 Å². The maximum absolute atomic E-state index is 5.66. The molecule has 1 heterocycles. The summed E-state index contributed by atoms with van der Waals surface area (Å²) >= 11 is 7.67. The third kappa shape index (κ3) is 4.43. The van der Waals surface area contributed by atoms with Crippen molar-refractivity contribution in [3.05, 3.63) is 22.9 Å². The number of pyridine rings is 1. The fourth-order valence-corrected chi connectivity index (χ4v) is 2.00. The molecule has 1 aromatic rings. The van der Waals surface area contributed by atoms with E-state index in [4.69, 9.17) is 4.74 Å². The van der Waals surface area contributed by atoms with Gasteiger partial charge in [-0.05, 0) is 33.7 Å². The van der Waals surface area contributed by atoms with Gasteiger partial charge in [0.15, 0.2) is 0 Å². The van der Waals surface area contributed by atoms with Crippen molar-refractivity contribution in [3.63, 3.8) is 0 Å². The Morgan fingerprint density at radius 3 is 2.73 bits per heavy atom. The number of halogens is 1. The summed E-state index contributed by atoms with van der Waals surface area (Å²) in [6, 6.07) is 1.92. The molecule has 0 amide bonds. The molecule has 0 aliphatic carbocycles. The molecule has 1 atom stereocenters. The molecule has 2 nitrogen and oxygen atoms in total. The first-order valence-corrected chi connectivity index (χ1v) is 6.40. The molecular formula is C11H16BrNOS. The smallest absolute Gasteiger partial charge is 0.138 e. The predicted molar refractivity (Wildman–Crippen MR) is 69.6 cm³/mol. The minimum absolute atomic E-state index is 0.479. The van der Waals surface area contributed by atoms with Crippen LogP contribution in [0.2, 0.25) is 0 Å². The van der Waals surface area contributed by atoms with Gasteiger partial charge in [0.05, 0.1) is 12.8 Å². The SMILES string of the molecule is CC(C)C(CS)COc1cncc(Br)c1. The fourth-order valence-electron chi connectivity index (χ4n) is 1.13. The Morgan fingerprint density at radius 2 is 2.20 bits per heavy atom. The van der Waals surface area contributed by atoms with Crippen LogP contribution >= 0.6 is 28.6 Å². The van der Waals surface area contributed by atoms with Crippen molar-refractivity contribution in [2.75, 3.05) is 12.4 Å². The molecule has 15 heavy (non-hydrogen) atoms. The van der Waals surface area contributed by atoms with Crippen molar-refractivity contribution in [1.82, 2.24) is 4.98 Å². The van der Waals surface area contributed by atoms with Crippen LogP contribution in [0.4, 0.5) is 0 Å². The van der Waals surface area contributed by atoms with Gasteiger partial charge in [-0.15, -0.1) is 0 Å². The molecule has 1 rings (SSSR count). The molecule has 1 unspecified atom stereocenters. The van der Waals surface area contributed by atoms with Gasteiger partial charge in [-0.3, -0.25) is 4.98 Å². The highest BCUT2D eigenvalue weighted by Gasteiger charge is 2.12. The zero-order chi connectivity index (χ0) is 11.3. The lowest BCUT2D eigenvalue weighted by Gasteiger charge is -2.18. The van der Waals surface area contributed by atoms with Crippen molar-refractivity contribution >= 4 is 28.6 Å². The number of aromatic nitrogens is 1. The average molecular weight is 290 g/mol. The van der Waals surface area contributed by atoms with E-state index in [1.807, 2.05) is 6.07 Å². The van der Waals surface area contributed by atoms with Crippen molar-refractivity contribution in [2.45, 2.75) is 13.8 Å². The first-order chi connectivity index (χ1) is 7.13. The van der Waals surface area contributed by atoms with Crippen molar-refractivity contribution in [2.24, 2.45) is 11.8 Å². The number of nitrogens with zero attached hydrogens (tertiary/aromatic N) is 1. The lowest BCUT2D eigenvalue weighted by Crippen LogP contribution is -2.19. The van der Waals surface area contributed by atoms with Crippen molar-refractivity contribution in [3.8, 4) is 5.75 Å². The second kappa shape index (κ2) is 6.38. The van der Waals surface area contributed by atoms with Crippen LogP contribution in [0.3, 0.4) is 0 Å². The van der Waals surface area contributed by atoms with E-state index in [1.54, 1.807) is 12.4 Å². The fraction of sp³-hybridized carbons (Fsp3) is 0.545. The first-order valence-electron chi connectivity index (χ1n) is 4.97. The van der Waals surface area contributed by atoms with E-state index >= 15 is 0 Å². The first kappa shape index (κ1) is 12.8. The Kier molecular flexibility index (Phi) is 5.47. The maximum Gasteiger partial charge on any atom is 0.138 e. The molecular weight excluding hydrogens is 274 g/mol. The van der Waals surface area contributed by atoms with Gasteiger partial charge >= 0.3 is 0 Å². The summed E-state index contributed by atoms with van der Waals surface area (Å²) in [5.41, 5.74) is 0. The Hall–Kier alpha value is -0.220. The number of rotatable bonds is 5. The van der Waals surface area contributed by atoms with E-state index in [0.717, 1.165) is 16.0 Å². The topological polar surface area (TPSA) is 22.1 Å². The molecule has 0 spiro atoms. The molecule has 0 aliphatic rings. The van der Waals surface area contributed by atoms with E-state index in [9.17, 15) is 0 Å². The van der Waals surface area contributed by atoms with Crippen LogP contribution in [0, 0.1) is 11.8 Å². The summed E-state index contributed by atoms with van der Waals surface area (Å²) in [6.45, 7) is 5.06. The Balaban J connectivity index is 2.49. The molecule has 0 aromatic carbocycles. The van der Waals surface area contributed by atoms with Gasteiger partial charge < -0.3 is 4.74 Å². The van der Waals surface area contributed by atoms with Gasteiger partial charge in [-0.1, -0.05) is 13.8 Å². The molecule has 0 fully saturated rings. The Morgan fingerprint density at radius 1 is 1.47 bits per heavy atom. The molecule has 1 aromatic heterocycles. The highest BCUT2D eigenvalue weighted by molar-refractivity contribution is 9.10. The number of thiol groups is 1. The van der Waals surface area contributed by atoms with Crippen molar-refractivity contribution < 1.29 is 4.74 Å². The monoisotopic (exact) mass is 289 g/mol. The standard InChI is InChI=1S/C11H16BrNOS/c1-8(2)9(7-15)6-14-11-3-10(12)4-13-5-11/h3-5,8-9,15H,6-7H2,1-2H3. The van der Waals surface area contributed by atoms with Crippen LogP contribution in [-0.4, -0.2) is 17.3 Å². The highest BCUT2D eigenvalue weighted by Crippen LogP contribution is 2.18. The third-order valence-corrected chi connectivity index (χ3v) is 3.22. The lowest BCUT2D eigenvalue weighted by atomic mass is 9.99. The molecule has 0 saturated carbocycles. The summed E-state index contributed by atoms with van der Waals surface area (Å²) in [5.74, 6) is 2.71. The van der Waals surface area contributed by atoms with Gasteiger partial charge in [0.25, 0.3) is 0 Å². The van der Waals surface area contributed by atoms with Crippen molar-refractivity contribution in [1.29, 1.82) is 0 Å². The Bertz CT molecular complexity index is 306. The van der Waals surface area contributed by atoms with Crippen LogP contribution in [0.25, 0.3) is 0 Å². The molecule has 0 N–H and O–H groups in total. The summed E-state index contributed by atoms with van der Waals surface area (Å²) in [4.78, 5) is 4.04. The molecule has 0 bridgehead atoms. The number of ether oxygens (including phenoxy) is 1. The minimum Gasteiger partial charge on any atom is -0.492 e. The predicted octanol–water partition coefficient (Wildman–Crippen LogP) is 3.42. The van der Waals surface area contributed by atoms with Gasteiger partial charge in [-0.25, -0.2) is 0 Å². The molecule has 0 radical (unpaired) electrons. The van der Waals surface area contributed by atoms with E-state index in [1.165, 1.54) is 0 Å². The summed E-state index contributed by atoms with van der Waals surface area (Å²) in [7, 11) is 0. The zero-order valence-corrected chi connectivity index (χ0v) is 11.5. The van der Waals surface area contributed by atoms with Crippen LogP contribution < -0.4 is 4.74 Å².